The largest absolute Gasteiger partial charge is 0.481 e. The Morgan fingerprint density at radius 3 is 2.90 bits per heavy atom. The zero-order valence-corrected chi connectivity index (χ0v) is 16.8. The fourth-order valence-electron chi connectivity index (χ4n) is 3.91. The number of nitrogens with one attached hydrogen (secondary N) is 1. The Kier molecular flexibility index (Phi) is 6.21. The molecule has 1 atom stereocenters. The molecular formula is C24H24N4O2. The van der Waals surface area contributed by atoms with Crippen LogP contribution in [0.2, 0.25) is 0 Å². The van der Waals surface area contributed by atoms with Crippen molar-refractivity contribution in [2.45, 2.75) is 25.3 Å². The molecule has 152 valence electrons. The molecule has 3 aromatic rings. The van der Waals surface area contributed by atoms with Crippen LogP contribution in [0.1, 0.15) is 30.0 Å². The van der Waals surface area contributed by atoms with E-state index in [1.54, 1.807) is 18.5 Å². The molecule has 6 nitrogen and oxygen atoms in total. The fourth-order valence-corrected chi connectivity index (χ4v) is 3.91. The molecule has 1 aliphatic rings. The standard InChI is InChI=1S/C24H24N4O2/c1-2-14-30-22-8-4-3-6-20(22)17-28-13-5-7-19(16-28)21-15-23(29)27-24(26-21)18-9-11-25-12-10-18/h1,3-4,6,8-12,15,19H,5,7,13-14,16-17H2,(H,26,27,29). The summed E-state index contributed by atoms with van der Waals surface area (Å²) in [5.41, 5.74) is 2.69. The van der Waals surface area contributed by atoms with E-state index in [0.29, 0.717) is 5.82 Å². The molecule has 0 bridgehead atoms. The molecule has 1 saturated heterocycles. The Bertz CT molecular complexity index is 1090. The fraction of sp³-hybridized carbons (Fsp3) is 0.292. The van der Waals surface area contributed by atoms with E-state index in [2.05, 4.69) is 26.9 Å². The van der Waals surface area contributed by atoms with Gasteiger partial charge in [0.2, 0.25) is 0 Å². The molecule has 1 fully saturated rings. The van der Waals surface area contributed by atoms with Crippen LogP contribution in [0.25, 0.3) is 11.4 Å². The van der Waals surface area contributed by atoms with E-state index in [1.807, 2.05) is 30.3 Å². The third-order valence-electron chi connectivity index (χ3n) is 5.32. The smallest absolute Gasteiger partial charge is 0.251 e. The number of nitrogens with zero attached hydrogens (tertiary/aromatic N) is 3. The predicted octanol–water partition coefficient (Wildman–Crippen LogP) is 3.22. The lowest BCUT2D eigenvalue weighted by Gasteiger charge is -2.32. The van der Waals surface area contributed by atoms with Crippen LogP contribution >= 0.6 is 0 Å². The number of pyridine rings is 1. The minimum Gasteiger partial charge on any atom is -0.481 e. The maximum atomic E-state index is 12.3. The number of aromatic amines is 1. The van der Waals surface area contributed by atoms with Crippen molar-refractivity contribution in [3.8, 4) is 29.5 Å². The highest BCUT2D eigenvalue weighted by Gasteiger charge is 2.24. The van der Waals surface area contributed by atoms with E-state index >= 15 is 0 Å². The highest BCUT2D eigenvalue weighted by Crippen LogP contribution is 2.28. The molecular weight excluding hydrogens is 376 g/mol. The molecule has 0 saturated carbocycles. The van der Waals surface area contributed by atoms with E-state index in [1.165, 1.54) is 0 Å². The van der Waals surface area contributed by atoms with Crippen LogP contribution in [0.3, 0.4) is 0 Å². The monoisotopic (exact) mass is 400 g/mol. The Morgan fingerprint density at radius 1 is 1.23 bits per heavy atom. The molecule has 0 spiro atoms. The molecule has 0 radical (unpaired) electrons. The first-order valence-corrected chi connectivity index (χ1v) is 10.1. The molecule has 1 unspecified atom stereocenters. The lowest BCUT2D eigenvalue weighted by atomic mass is 9.94. The first-order chi connectivity index (χ1) is 14.7. The second kappa shape index (κ2) is 9.38. The van der Waals surface area contributed by atoms with Crippen LogP contribution in [0.4, 0.5) is 0 Å². The number of hydrogen-bond donors (Lipinski definition) is 1. The summed E-state index contributed by atoms with van der Waals surface area (Å²) in [6.07, 6.45) is 10.8. The average Bonchev–Trinajstić information content (AvgIpc) is 2.79. The number of para-hydroxylation sites is 1. The number of H-pyrrole nitrogens is 1. The van der Waals surface area contributed by atoms with Crippen LogP contribution in [-0.2, 0) is 6.54 Å². The summed E-state index contributed by atoms with van der Waals surface area (Å²) in [5.74, 6) is 4.14. The zero-order chi connectivity index (χ0) is 20.8. The molecule has 1 aliphatic heterocycles. The number of likely N-dealkylation sites (tertiary alicyclic amines) is 1. The Labute approximate surface area is 176 Å². The summed E-state index contributed by atoms with van der Waals surface area (Å²) in [5, 5.41) is 0. The maximum absolute atomic E-state index is 12.3. The third-order valence-corrected chi connectivity index (χ3v) is 5.32. The molecule has 4 rings (SSSR count). The van der Waals surface area contributed by atoms with Gasteiger partial charge in [-0.05, 0) is 37.6 Å². The SMILES string of the molecule is C#CCOc1ccccc1CN1CCCC(c2cc(=O)[nH]c(-c3ccncc3)n2)C1. The Morgan fingerprint density at radius 2 is 2.07 bits per heavy atom. The number of hydrogen-bond acceptors (Lipinski definition) is 5. The molecule has 0 aliphatic carbocycles. The van der Waals surface area contributed by atoms with Gasteiger partial charge in [-0.15, -0.1) is 6.42 Å². The van der Waals surface area contributed by atoms with Crippen molar-refractivity contribution >= 4 is 0 Å². The van der Waals surface area contributed by atoms with Crippen molar-refractivity contribution in [2.75, 3.05) is 19.7 Å². The number of piperidine rings is 1. The van der Waals surface area contributed by atoms with Gasteiger partial charge in [-0.2, -0.15) is 0 Å². The summed E-state index contributed by atoms with van der Waals surface area (Å²) >= 11 is 0. The average molecular weight is 400 g/mol. The molecule has 1 aromatic carbocycles. The highest BCUT2D eigenvalue weighted by atomic mass is 16.5. The van der Waals surface area contributed by atoms with Crippen molar-refractivity contribution in [2.24, 2.45) is 0 Å². The number of rotatable bonds is 6. The summed E-state index contributed by atoms with van der Waals surface area (Å²) in [7, 11) is 0. The third kappa shape index (κ3) is 4.76. The summed E-state index contributed by atoms with van der Waals surface area (Å²) < 4.78 is 5.69. The predicted molar refractivity (Wildman–Crippen MR) is 116 cm³/mol. The normalized spacial score (nSPS) is 16.7. The Balaban J connectivity index is 1.52. The summed E-state index contributed by atoms with van der Waals surface area (Å²) in [4.78, 5) is 26.3. The number of terminal acetylenes is 1. The molecule has 3 heterocycles. The van der Waals surface area contributed by atoms with Crippen molar-refractivity contribution in [3.63, 3.8) is 0 Å². The van der Waals surface area contributed by atoms with Crippen LogP contribution in [0, 0.1) is 12.3 Å². The van der Waals surface area contributed by atoms with Gasteiger partial charge in [-0.1, -0.05) is 24.1 Å². The van der Waals surface area contributed by atoms with Crippen LogP contribution in [0.5, 0.6) is 5.75 Å². The van der Waals surface area contributed by atoms with Gasteiger partial charge in [0.1, 0.15) is 18.2 Å². The first-order valence-electron chi connectivity index (χ1n) is 10.1. The lowest BCUT2D eigenvalue weighted by molar-refractivity contribution is 0.196. The van der Waals surface area contributed by atoms with Gasteiger partial charge in [-0.25, -0.2) is 4.98 Å². The summed E-state index contributed by atoms with van der Waals surface area (Å²) in [6.45, 7) is 2.88. The minimum atomic E-state index is -0.128. The van der Waals surface area contributed by atoms with Crippen LogP contribution in [0.15, 0.2) is 59.7 Å². The summed E-state index contributed by atoms with van der Waals surface area (Å²) in [6, 6.07) is 13.3. The second-order valence-electron chi connectivity index (χ2n) is 7.43. The lowest BCUT2D eigenvalue weighted by Crippen LogP contribution is -2.34. The van der Waals surface area contributed by atoms with Crippen molar-refractivity contribution in [1.82, 2.24) is 19.9 Å². The second-order valence-corrected chi connectivity index (χ2v) is 7.43. The molecule has 1 N–H and O–H groups in total. The first kappa shape index (κ1) is 19.9. The number of benzene rings is 1. The number of ether oxygens (including phenoxy) is 1. The quantitative estimate of drug-likeness (QED) is 0.644. The van der Waals surface area contributed by atoms with Gasteiger partial charge in [0.15, 0.2) is 0 Å². The van der Waals surface area contributed by atoms with Crippen molar-refractivity contribution in [3.05, 3.63) is 76.5 Å². The zero-order valence-electron chi connectivity index (χ0n) is 16.8. The van der Waals surface area contributed by atoms with Gasteiger partial charge < -0.3 is 9.72 Å². The van der Waals surface area contributed by atoms with Crippen LogP contribution < -0.4 is 10.3 Å². The van der Waals surface area contributed by atoms with Gasteiger partial charge in [-0.3, -0.25) is 14.7 Å². The van der Waals surface area contributed by atoms with Crippen molar-refractivity contribution < 1.29 is 4.74 Å². The van der Waals surface area contributed by atoms with Gasteiger partial charge in [0.25, 0.3) is 5.56 Å². The minimum absolute atomic E-state index is 0.128. The van der Waals surface area contributed by atoms with Gasteiger partial charge in [0.05, 0.1) is 5.69 Å². The molecule has 30 heavy (non-hydrogen) atoms. The van der Waals surface area contributed by atoms with Crippen molar-refractivity contribution in [1.29, 1.82) is 0 Å². The van der Waals surface area contributed by atoms with Gasteiger partial charge in [0, 0.05) is 48.6 Å². The van der Waals surface area contributed by atoms with E-state index in [9.17, 15) is 4.79 Å². The van der Waals surface area contributed by atoms with E-state index in [0.717, 1.165) is 55.0 Å². The topological polar surface area (TPSA) is 71.1 Å². The van der Waals surface area contributed by atoms with Crippen LogP contribution in [-0.4, -0.2) is 39.5 Å². The highest BCUT2D eigenvalue weighted by molar-refractivity contribution is 5.53. The maximum Gasteiger partial charge on any atom is 0.251 e. The van der Waals surface area contributed by atoms with Gasteiger partial charge >= 0.3 is 0 Å². The molecule has 6 heteroatoms. The Hall–Kier alpha value is -3.43. The molecule has 2 aromatic heterocycles. The van der Waals surface area contributed by atoms with E-state index < -0.39 is 0 Å². The number of aromatic nitrogens is 3. The van der Waals surface area contributed by atoms with E-state index in [4.69, 9.17) is 16.1 Å². The van der Waals surface area contributed by atoms with E-state index in [-0.39, 0.29) is 18.1 Å². The molecule has 0 amide bonds.